The summed E-state index contributed by atoms with van der Waals surface area (Å²) in [5, 5.41) is 9.59. The van der Waals surface area contributed by atoms with E-state index < -0.39 is 0 Å². The van der Waals surface area contributed by atoms with Gasteiger partial charge in [-0.1, -0.05) is 60.1 Å². The molecule has 0 aliphatic carbocycles. The fourth-order valence-corrected chi connectivity index (χ4v) is 3.32. The molecule has 0 fully saturated rings. The summed E-state index contributed by atoms with van der Waals surface area (Å²) in [7, 11) is 0. The Morgan fingerprint density at radius 2 is 1.58 bits per heavy atom. The van der Waals surface area contributed by atoms with Gasteiger partial charge in [-0.3, -0.25) is 10.2 Å². The quantitative estimate of drug-likeness (QED) is 0.487. The van der Waals surface area contributed by atoms with E-state index in [4.69, 9.17) is 16.6 Å². The number of nitrogens with one attached hydrogen (secondary N) is 2. The summed E-state index contributed by atoms with van der Waals surface area (Å²) in [6.45, 7) is 0. The van der Waals surface area contributed by atoms with Crippen molar-refractivity contribution in [2.45, 2.75) is 0 Å². The number of carbonyl (C=O) groups excluding carboxylic acids is 1. The molecule has 1 aromatic heterocycles. The number of amides is 1. The third-order valence-electron chi connectivity index (χ3n) is 4.69. The standard InChI is InChI=1S/C23H17ClN6O/c24-17-11-13-19(14-12-17)30-23-26-20(16-7-3-1-4-8-16)15-29(23)27-21(28-30)22(31)25-18-9-5-2-6-10-18/h1-15H,(H,25,31)(H,27,28). The molecule has 7 nitrogen and oxygen atoms in total. The monoisotopic (exact) mass is 428 g/mol. The molecule has 1 aliphatic heterocycles. The van der Waals surface area contributed by atoms with Gasteiger partial charge >= 0.3 is 0 Å². The molecular formula is C23H17ClN6O. The molecule has 4 aromatic rings. The molecule has 0 bridgehead atoms. The summed E-state index contributed by atoms with van der Waals surface area (Å²) >= 11 is 6.05. The Kier molecular flexibility index (Phi) is 4.86. The van der Waals surface area contributed by atoms with E-state index in [2.05, 4.69) is 15.8 Å². The third-order valence-corrected chi connectivity index (χ3v) is 4.94. The number of carbonyl (C=O) groups is 1. The normalized spacial score (nSPS) is 12.5. The van der Waals surface area contributed by atoms with Crippen LogP contribution in [0.3, 0.4) is 0 Å². The van der Waals surface area contributed by atoms with E-state index in [1.54, 1.807) is 21.8 Å². The molecule has 5 rings (SSSR count). The molecule has 152 valence electrons. The van der Waals surface area contributed by atoms with Gasteiger partial charge in [0.1, 0.15) is 0 Å². The number of hydrogen-bond donors (Lipinski definition) is 2. The number of fused-ring (bicyclic) bond motifs is 1. The van der Waals surface area contributed by atoms with Crippen LogP contribution in [0.25, 0.3) is 11.3 Å². The van der Waals surface area contributed by atoms with Gasteiger partial charge in [0.25, 0.3) is 11.9 Å². The van der Waals surface area contributed by atoms with E-state index >= 15 is 0 Å². The van der Waals surface area contributed by atoms with Crippen LogP contribution < -0.4 is 15.8 Å². The Bertz CT molecular complexity index is 1250. The maximum Gasteiger partial charge on any atom is 0.294 e. The smallest absolute Gasteiger partial charge is 0.294 e. The Balaban J connectivity index is 1.54. The highest BCUT2D eigenvalue weighted by Gasteiger charge is 2.27. The predicted molar refractivity (Wildman–Crippen MR) is 123 cm³/mol. The number of aromatic nitrogens is 2. The lowest BCUT2D eigenvalue weighted by atomic mass is 10.2. The Labute approximate surface area is 183 Å². The minimum atomic E-state index is -0.370. The minimum Gasteiger partial charge on any atom is -0.319 e. The Morgan fingerprint density at radius 3 is 2.29 bits per heavy atom. The lowest BCUT2D eigenvalue weighted by Crippen LogP contribution is -2.40. The lowest BCUT2D eigenvalue weighted by molar-refractivity contribution is -0.110. The Morgan fingerprint density at radius 1 is 0.903 bits per heavy atom. The van der Waals surface area contributed by atoms with Gasteiger partial charge in [-0.25, -0.2) is 9.66 Å². The van der Waals surface area contributed by atoms with Crippen LogP contribution in [0, 0.1) is 0 Å². The van der Waals surface area contributed by atoms with Gasteiger partial charge < -0.3 is 5.32 Å². The van der Waals surface area contributed by atoms with Crippen molar-refractivity contribution in [2.24, 2.45) is 5.10 Å². The van der Waals surface area contributed by atoms with Gasteiger partial charge in [0, 0.05) is 16.3 Å². The molecule has 8 heteroatoms. The highest BCUT2D eigenvalue weighted by atomic mass is 35.5. The summed E-state index contributed by atoms with van der Waals surface area (Å²) in [6.07, 6.45) is 1.83. The highest BCUT2D eigenvalue weighted by molar-refractivity contribution is 6.45. The van der Waals surface area contributed by atoms with Gasteiger partial charge in [0.15, 0.2) is 0 Å². The van der Waals surface area contributed by atoms with Gasteiger partial charge in [-0.2, -0.15) is 5.01 Å². The number of imidazole rings is 1. The zero-order valence-electron chi connectivity index (χ0n) is 16.2. The van der Waals surface area contributed by atoms with Crippen LogP contribution in [0.2, 0.25) is 5.02 Å². The molecule has 1 amide bonds. The number of anilines is 3. The number of para-hydroxylation sites is 1. The largest absolute Gasteiger partial charge is 0.319 e. The van der Waals surface area contributed by atoms with Crippen LogP contribution >= 0.6 is 11.6 Å². The van der Waals surface area contributed by atoms with Crippen molar-refractivity contribution in [1.29, 1.82) is 0 Å². The highest BCUT2D eigenvalue weighted by Crippen LogP contribution is 2.31. The number of hydrogen-bond acceptors (Lipinski definition) is 5. The number of nitrogens with zero attached hydrogens (tertiary/aromatic N) is 4. The lowest BCUT2D eigenvalue weighted by Gasteiger charge is -2.26. The number of hydrazone groups is 1. The van der Waals surface area contributed by atoms with Gasteiger partial charge in [0.2, 0.25) is 5.84 Å². The van der Waals surface area contributed by atoms with E-state index in [-0.39, 0.29) is 11.7 Å². The van der Waals surface area contributed by atoms with Crippen LogP contribution in [-0.2, 0) is 4.79 Å². The molecule has 0 saturated carbocycles. The van der Waals surface area contributed by atoms with E-state index in [9.17, 15) is 4.79 Å². The average Bonchev–Trinajstić information content (AvgIpc) is 3.25. The zero-order valence-corrected chi connectivity index (χ0v) is 17.0. The first-order valence-corrected chi connectivity index (χ1v) is 9.98. The molecule has 2 N–H and O–H groups in total. The number of rotatable bonds is 4. The molecule has 0 atom stereocenters. The summed E-state index contributed by atoms with van der Waals surface area (Å²) < 4.78 is 1.68. The molecule has 0 unspecified atom stereocenters. The summed E-state index contributed by atoms with van der Waals surface area (Å²) in [5.41, 5.74) is 6.15. The maximum atomic E-state index is 12.9. The van der Waals surface area contributed by atoms with Crippen molar-refractivity contribution in [3.8, 4) is 11.3 Å². The summed E-state index contributed by atoms with van der Waals surface area (Å²) in [4.78, 5) is 17.6. The van der Waals surface area contributed by atoms with E-state index in [0.29, 0.717) is 16.7 Å². The second-order valence-electron chi connectivity index (χ2n) is 6.83. The second-order valence-corrected chi connectivity index (χ2v) is 7.27. The van der Waals surface area contributed by atoms with Crippen LogP contribution in [0.5, 0.6) is 0 Å². The molecular weight excluding hydrogens is 412 g/mol. The fraction of sp³-hybridized carbons (Fsp3) is 0. The van der Waals surface area contributed by atoms with E-state index in [0.717, 1.165) is 16.9 Å². The fourth-order valence-electron chi connectivity index (χ4n) is 3.19. The topological polar surface area (TPSA) is 74.5 Å². The molecule has 0 saturated heterocycles. The van der Waals surface area contributed by atoms with Crippen LogP contribution in [-0.4, -0.2) is 21.4 Å². The van der Waals surface area contributed by atoms with Crippen molar-refractivity contribution in [2.75, 3.05) is 15.8 Å². The van der Waals surface area contributed by atoms with Gasteiger partial charge in [0.05, 0.1) is 17.6 Å². The first kappa shape index (κ1) is 18.9. The van der Waals surface area contributed by atoms with Crippen molar-refractivity contribution in [1.82, 2.24) is 9.66 Å². The molecule has 2 heterocycles. The van der Waals surface area contributed by atoms with Gasteiger partial charge in [-0.05, 0) is 36.4 Å². The molecule has 3 aromatic carbocycles. The Hall–Kier alpha value is -4.10. The van der Waals surface area contributed by atoms with Gasteiger partial charge in [-0.15, -0.1) is 5.10 Å². The molecule has 0 spiro atoms. The SMILES string of the molecule is O=C(Nc1ccccc1)C1=NN(c2ccc(Cl)cc2)c2nc(-c3ccccc3)cn2N1. The molecule has 31 heavy (non-hydrogen) atoms. The number of amidine groups is 1. The third kappa shape index (κ3) is 3.86. The van der Waals surface area contributed by atoms with Crippen LogP contribution in [0.1, 0.15) is 0 Å². The maximum absolute atomic E-state index is 12.9. The molecule has 0 radical (unpaired) electrons. The minimum absolute atomic E-state index is 0.128. The summed E-state index contributed by atoms with van der Waals surface area (Å²) in [5.74, 6) is 0.284. The van der Waals surface area contributed by atoms with Crippen LogP contribution in [0.4, 0.5) is 17.3 Å². The van der Waals surface area contributed by atoms with Crippen molar-refractivity contribution in [3.63, 3.8) is 0 Å². The first-order valence-electron chi connectivity index (χ1n) is 9.60. The van der Waals surface area contributed by atoms with Crippen molar-refractivity contribution in [3.05, 3.63) is 96.1 Å². The summed E-state index contributed by atoms with van der Waals surface area (Å²) in [6, 6.07) is 26.2. The second kappa shape index (κ2) is 7.97. The van der Waals surface area contributed by atoms with E-state index in [1.165, 1.54) is 0 Å². The zero-order chi connectivity index (χ0) is 21.2. The van der Waals surface area contributed by atoms with Crippen molar-refractivity contribution < 1.29 is 4.79 Å². The van der Waals surface area contributed by atoms with E-state index in [1.807, 2.05) is 79.0 Å². The average molecular weight is 429 g/mol. The molecule has 1 aliphatic rings. The first-order chi connectivity index (χ1) is 15.2. The number of benzene rings is 3. The van der Waals surface area contributed by atoms with Crippen molar-refractivity contribution >= 4 is 40.7 Å². The number of halogens is 1. The van der Waals surface area contributed by atoms with Crippen LogP contribution in [0.15, 0.2) is 96.2 Å². The predicted octanol–water partition coefficient (Wildman–Crippen LogP) is 4.85.